The number of anilines is 1. The predicted octanol–water partition coefficient (Wildman–Crippen LogP) is 1.58. The van der Waals surface area contributed by atoms with Crippen LogP contribution in [0.1, 0.15) is 18.7 Å². The first-order chi connectivity index (χ1) is 11.5. The number of carbonyl (C=O) groups excluding carboxylic acids is 1. The molecular weight excluding hydrogens is 330 g/mol. The molecule has 1 amide bonds. The zero-order valence-corrected chi connectivity index (χ0v) is 13.9. The van der Waals surface area contributed by atoms with Gasteiger partial charge in [-0.3, -0.25) is 4.79 Å². The van der Waals surface area contributed by atoms with E-state index in [9.17, 15) is 13.2 Å². The van der Waals surface area contributed by atoms with Crippen LogP contribution in [-0.4, -0.2) is 36.3 Å². The number of ether oxygens (including phenoxy) is 1. The molecule has 4 rings (SSSR count). The zero-order valence-electron chi connectivity index (χ0n) is 13.1. The second-order valence-corrected chi connectivity index (χ2v) is 7.80. The molecular formula is C16H17N3O4S. The molecule has 3 heterocycles. The first kappa shape index (κ1) is 15.2. The summed E-state index contributed by atoms with van der Waals surface area (Å²) >= 11 is 0. The van der Waals surface area contributed by atoms with E-state index < -0.39 is 10.0 Å². The van der Waals surface area contributed by atoms with Crippen LogP contribution < -0.4 is 10.1 Å². The molecule has 2 aliphatic heterocycles. The highest BCUT2D eigenvalue weighted by molar-refractivity contribution is 7.89. The van der Waals surface area contributed by atoms with Crippen molar-refractivity contribution in [2.45, 2.75) is 24.4 Å². The van der Waals surface area contributed by atoms with E-state index in [4.69, 9.17) is 4.74 Å². The molecule has 0 fully saturated rings. The summed E-state index contributed by atoms with van der Waals surface area (Å²) in [4.78, 5) is 11.6. The Morgan fingerprint density at radius 1 is 1.25 bits per heavy atom. The van der Waals surface area contributed by atoms with Crippen molar-refractivity contribution >= 4 is 21.6 Å². The van der Waals surface area contributed by atoms with Gasteiger partial charge >= 0.3 is 0 Å². The third kappa shape index (κ3) is 2.30. The smallest absolute Gasteiger partial charge is 0.262 e. The fourth-order valence-electron chi connectivity index (χ4n) is 3.24. The number of nitrogens with zero attached hydrogens (tertiary/aromatic N) is 2. The molecule has 0 unspecified atom stereocenters. The summed E-state index contributed by atoms with van der Waals surface area (Å²) in [5.41, 5.74) is 1.36. The van der Waals surface area contributed by atoms with E-state index in [1.54, 1.807) is 6.07 Å². The van der Waals surface area contributed by atoms with Crippen LogP contribution in [0.25, 0.3) is 0 Å². The number of carbonyl (C=O) groups is 1. The van der Waals surface area contributed by atoms with Crippen molar-refractivity contribution in [3.05, 3.63) is 42.2 Å². The molecule has 2 aliphatic rings. The normalized spacial score (nSPS) is 20.7. The fourth-order valence-corrected chi connectivity index (χ4v) is 4.87. The second-order valence-electron chi connectivity index (χ2n) is 5.91. The number of rotatable bonds is 2. The molecule has 7 nitrogen and oxygen atoms in total. The van der Waals surface area contributed by atoms with E-state index in [1.165, 1.54) is 16.4 Å². The Morgan fingerprint density at radius 3 is 2.92 bits per heavy atom. The summed E-state index contributed by atoms with van der Waals surface area (Å²) in [6.45, 7) is 2.85. The highest BCUT2D eigenvalue weighted by Crippen LogP contribution is 2.35. The largest absolute Gasteiger partial charge is 0.482 e. The quantitative estimate of drug-likeness (QED) is 0.894. The van der Waals surface area contributed by atoms with E-state index in [-0.39, 0.29) is 23.5 Å². The molecule has 0 saturated heterocycles. The molecule has 0 saturated carbocycles. The van der Waals surface area contributed by atoms with Gasteiger partial charge in [0, 0.05) is 25.0 Å². The Balaban J connectivity index is 1.71. The molecule has 1 atom stereocenters. The van der Waals surface area contributed by atoms with Crippen molar-refractivity contribution in [2.75, 3.05) is 18.5 Å². The average molecular weight is 347 g/mol. The van der Waals surface area contributed by atoms with Crippen molar-refractivity contribution in [1.29, 1.82) is 0 Å². The lowest BCUT2D eigenvalue weighted by atomic mass is 10.2. The SMILES string of the molecule is C[C@@H]1c2cccn2CCN1S(=O)(=O)c1ccc2c(c1)NC(=O)CO2. The fraction of sp³-hybridized carbons (Fsp3) is 0.312. The lowest BCUT2D eigenvalue weighted by Gasteiger charge is -2.34. The maximum atomic E-state index is 13.1. The topological polar surface area (TPSA) is 80.6 Å². The van der Waals surface area contributed by atoms with Crippen LogP contribution in [0.3, 0.4) is 0 Å². The van der Waals surface area contributed by atoms with E-state index in [0.717, 1.165) is 5.69 Å². The Labute approximate surface area is 139 Å². The van der Waals surface area contributed by atoms with E-state index in [2.05, 4.69) is 9.88 Å². The molecule has 24 heavy (non-hydrogen) atoms. The average Bonchev–Trinajstić information content (AvgIpc) is 3.03. The van der Waals surface area contributed by atoms with Crippen molar-refractivity contribution in [1.82, 2.24) is 8.87 Å². The minimum Gasteiger partial charge on any atom is -0.482 e. The van der Waals surface area contributed by atoms with Crippen LogP contribution in [0.2, 0.25) is 0 Å². The van der Waals surface area contributed by atoms with Gasteiger partial charge in [0.2, 0.25) is 10.0 Å². The molecule has 1 N–H and O–H groups in total. The number of nitrogens with one attached hydrogen (secondary N) is 1. The van der Waals surface area contributed by atoms with Gasteiger partial charge in [0.05, 0.1) is 16.6 Å². The van der Waals surface area contributed by atoms with Gasteiger partial charge in [-0.25, -0.2) is 8.42 Å². The number of aromatic nitrogens is 1. The van der Waals surface area contributed by atoms with Crippen LogP contribution in [0.4, 0.5) is 5.69 Å². The Morgan fingerprint density at radius 2 is 2.08 bits per heavy atom. The van der Waals surface area contributed by atoms with E-state index in [1.807, 2.05) is 25.3 Å². The summed E-state index contributed by atoms with van der Waals surface area (Å²) in [6.07, 6.45) is 1.96. The molecule has 2 aromatic rings. The summed E-state index contributed by atoms with van der Waals surface area (Å²) < 4.78 is 35.0. The molecule has 1 aromatic heterocycles. The Bertz CT molecular complexity index is 919. The second kappa shape index (κ2) is 5.35. The molecule has 126 valence electrons. The van der Waals surface area contributed by atoms with Gasteiger partial charge in [0.1, 0.15) is 5.75 Å². The molecule has 0 radical (unpaired) electrons. The standard InChI is InChI=1S/C16H17N3O4S/c1-11-14-3-2-6-18(14)7-8-19(11)24(21,22)12-4-5-15-13(9-12)17-16(20)10-23-15/h2-6,9,11H,7-8,10H2,1H3,(H,17,20)/t11-/m1/s1. The number of fused-ring (bicyclic) bond motifs is 2. The number of sulfonamides is 1. The van der Waals surface area contributed by atoms with Gasteiger partial charge in [-0.15, -0.1) is 0 Å². The number of amides is 1. The first-order valence-electron chi connectivity index (χ1n) is 7.70. The molecule has 8 heteroatoms. The van der Waals surface area contributed by atoms with Crippen molar-refractivity contribution in [3.8, 4) is 5.75 Å². The Kier molecular flexibility index (Phi) is 3.40. The summed E-state index contributed by atoms with van der Waals surface area (Å²) in [5, 5.41) is 2.65. The minimum absolute atomic E-state index is 0.0563. The summed E-state index contributed by atoms with van der Waals surface area (Å²) in [6, 6.07) is 8.18. The van der Waals surface area contributed by atoms with Gasteiger partial charge in [-0.2, -0.15) is 4.31 Å². The lowest BCUT2D eigenvalue weighted by molar-refractivity contribution is -0.118. The lowest BCUT2D eigenvalue weighted by Crippen LogP contribution is -2.40. The van der Waals surface area contributed by atoms with Crippen molar-refractivity contribution < 1.29 is 17.9 Å². The van der Waals surface area contributed by atoms with Gasteiger partial charge in [-0.1, -0.05) is 0 Å². The predicted molar refractivity (Wildman–Crippen MR) is 87.3 cm³/mol. The first-order valence-corrected chi connectivity index (χ1v) is 9.14. The van der Waals surface area contributed by atoms with Gasteiger partial charge < -0.3 is 14.6 Å². The van der Waals surface area contributed by atoms with E-state index in [0.29, 0.717) is 24.5 Å². The van der Waals surface area contributed by atoms with E-state index >= 15 is 0 Å². The van der Waals surface area contributed by atoms with Crippen molar-refractivity contribution in [3.63, 3.8) is 0 Å². The maximum absolute atomic E-state index is 13.1. The number of benzene rings is 1. The highest BCUT2D eigenvalue weighted by Gasteiger charge is 2.34. The van der Waals surface area contributed by atoms with Gasteiger partial charge in [0.25, 0.3) is 5.91 Å². The molecule has 0 spiro atoms. The minimum atomic E-state index is -3.67. The molecule has 0 aliphatic carbocycles. The Hall–Kier alpha value is -2.32. The highest BCUT2D eigenvalue weighted by atomic mass is 32.2. The third-order valence-electron chi connectivity index (χ3n) is 4.48. The number of hydrogen-bond acceptors (Lipinski definition) is 4. The molecule has 0 bridgehead atoms. The van der Waals surface area contributed by atoms with Crippen LogP contribution in [-0.2, 0) is 21.4 Å². The van der Waals surface area contributed by atoms with Crippen LogP contribution in [0.15, 0.2) is 41.4 Å². The van der Waals surface area contributed by atoms with Crippen LogP contribution in [0, 0.1) is 0 Å². The van der Waals surface area contributed by atoms with Gasteiger partial charge in [-0.05, 0) is 37.3 Å². The van der Waals surface area contributed by atoms with Gasteiger partial charge in [0.15, 0.2) is 6.61 Å². The summed E-state index contributed by atoms with van der Waals surface area (Å²) in [7, 11) is -3.67. The van der Waals surface area contributed by atoms with Crippen LogP contribution >= 0.6 is 0 Å². The molecule has 1 aromatic carbocycles. The maximum Gasteiger partial charge on any atom is 0.262 e. The van der Waals surface area contributed by atoms with Crippen molar-refractivity contribution in [2.24, 2.45) is 0 Å². The number of hydrogen-bond donors (Lipinski definition) is 1. The van der Waals surface area contributed by atoms with Crippen LogP contribution in [0.5, 0.6) is 5.75 Å². The third-order valence-corrected chi connectivity index (χ3v) is 6.44. The monoisotopic (exact) mass is 347 g/mol. The summed E-state index contributed by atoms with van der Waals surface area (Å²) in [5.74, 6) is 0.190. The zero-order chi connectivity index (χ0) is 16.9.